The number of amides is 1. The maximum atomic E-state index is 11.5. The molecule has 0 unspecified atom stereocenters. The Kier molecular flexibility index (Phi) is 7.05. The summed E-state index contributed by atoms with van der Waals surface area (Å²) in [6.45, 7) is 12.3. The monoisotopic (exact) mass is 257 g/mol. The Labute approximate surface area is 110 Å². The minimum Gasteiger partial charge on any atom is -0.450 e. The van der Waals surface area contributed by atoms with E-state index in [1.54, 1.807) is 4.90 Å². The van der Waals surface area contributed by atoms with Crippen LogP contribution in [0.2, 0.25) is 0 Å². The van der Waals surface area contributed by atoms with Crippen LogP contribution in [0.25, 0.3) is 0 Å². The van der Waals surface area contributed by atoms with Gasteiger partial charge < -0.3 is 15.0 Å². The lowest BCUT2D eigenvalue weighted by Crippen LogP contribution is -2.49. The van der Waals surface area contributed by atoms with E-state index < -0.39 is 0 Å². The van der Waals surface area contributed by atoms with Crippen LogP contribution in [0.1, 0.15) is 27.2 Å². The lowest BCUT2D eigenvalue weighted by molar-refractivity contribution is 0.0793. The molecule has 18 heavy (non-hydrogen) atoms. The fourth-order valence-corrected chi connectivity index (χ4v) is 2.06. The van der Waals surface area contributed by atoms with E-state index in [9.17, 15) is 4.79 Å². The van der Waals surface area contributed by atoms with Gasteiger partial charge in [0.15, 0.2) is 0 Å². The number of nitrogens with zero attached hydrogens (tertiary/aromatic N) is 2. The van der Waals surface area contributed by atoms with Crippen molar-refractivity contribution >= 4 is 6.09 Å². The topological polar surface area (TPSA) is 44.8 Å². The van der Waals surface area contributed by atoms with Crippen LogP contribution in [0.4, 0.5) is 4.79 Å². The van der Waals surface area contributed by atoms with Crippen molar-refractivity contribution in [1.82, 2.24) is 15.1 Å². The molecule has 0 bridgehead atoms. The molecule has 1 heterocycles. The first-order valence-electron chi connectivity index (χ1n) is 7.01. The fraction of sp³-hybridized carbons (Fsp3) is 0.923. The second-order valence-electron chi connectivity index (χ2n) is 4.99. The van der Waals surface area contributed by atoms with Gasteiger partial charge in [0.25, 0.3) is 0 Å². The highest BCUT2D eigenvalue weighted by molar-refractivity contribution is 5.67. The highest BCUT2D eigenvalue weighted by atomic mass is 16.6. The average molecular weight is 257 g/mol. The minimum atomic E-state index is -0.168. The van der Waals surface area contributed by atoms with E-state index in [0.717, 1.165) is 45.7 Å². The molecule has 0 atom stereocenters. The van der Waals surface area contributed by atoms with Gasteiger partial charge in [-0.05, 0) is 26.4 Å². The number of carbonyl (C=O) groups is 1. The molecule has 1 amide bonds. The van der Waals surface area contributed by atoms with Crippen LogP contribution >= 0.6 is 0 Å². The van der Waals surface area contributed by atoms with Crippen LogP contribution in [-0.2, 0) is 4.74 Å². The summed E-state index contributed by atoms with van der Waals surface area (Å²) >= 11 is 0. The number of piperazine rings is 1. The Bertz CT molecular complexity index is 238. The van der Waals surface area contributed by atoms with E-state index in [2.05, 4.69) is 24.1 Å². The molecule has 1 saturated heterocycles. The lowest BCUT2D eigenvalue weighted by atomic mass is 10.3. The number of hydrogen-bond acceptors (Lipinski definition) is 4. The summed E-state index contributed by atoms with van der Waals surface area (Å²) in [5.74, 6) is 0. The van der Waals surface area contributed by atoms with E-state index in [1.165, 1.54) is 0 Å². The van der Waals surface area contributed by atoms with E-state index in [4.69, 9.17) is 4.74 Å². The third kappa shape index (κ3) is 5.69. The Morgan fingerprint density at radius 2 is 1.94 bits per heavy atom. The Morgan fingerprint density at radius 1 is 1.28 bits per heavy atom. The molecule has 1 aliphatic rings. The van der Waals surface area contributed by atoms with Crippen LogP contribution in [0.15, 0.2) is 0 Å². The van der Waals surface area contributed by atoms with Crippen molar-refractivity contribution in [2.24, 2.45) is 0 Å². The minimum absolute atomic E-state index is 0.168. The third-order valence-electron chi connectivity index (χ3n) is 3.10. The van der Waals surface area contributed by atoms with E-state index in [0.29, 0.717) is 12.6 Å². The zero-order chi connectivity index (χ0) is 13.4. The summed E-state index contributed by atoms with van der Waals surface area (Å²) in [6.07, 6.45) is 0.996. The lowest BCUT2D eigenvalue weighted by Gasteiger charge is -2.34. The molecule has 0 saturated carbocycles. The second kappa shape index (κ2) is 8.32. The molecule has 5 nitrogen and oxygen atoms in total. The SMILES string of the molecule is CCOC(=O)N1CCN(CCCNC(C)C)CC1. The molecule has 0 aromatic heterocycles. The van der Waals surface area contributed by atoms with Crippen molar-refractivity contribution < 1.29 is 9.53 Å². The van der Waals surface area contributed by atoms with Crippen LogP contribution in [0.3, 0.4) is 0 Å². The van der Waals surface area contributed by atoms with E-state index >= 15 is 0 Å². The highest BCUT2D eigenvalue weighted by Gasteiger charge is 2.21. The van der Waals surface area contributed by atoms with Gasteiger partial charge >= 0.3 is 6.09 Å². The van der Waals surface area contributed by atoms with E-state index in [-0.39, 0.29) is 6.09 Å². The van der Waals surface area contributed by atoms with Gasteiger partial charge in [-0.2, -0.15) is 0 Å². The van der Waals surface area contributed by atoms with Crippen molar-refractivity contribution in [2.45, 2.75) is 33.2 Å². The van der Waals surface area contributed by atoms with Crippen LogP contribution in [0.5, 0.6) is 0 Å². The predicted octanol–water partition coefficient (Wildman–Crippen LogP) is 1.15. The van der Waals surface area contributed by atoms with Gasteiger partial charge in [0, 0.05) is 32.2 Å². The molecule has 1 fully saturated rings. The maximum absolute atomic E-state index is 11.5. The highest BCUT2D eigenvalue weighted by Crippen LogP contribution is 2.04. The Hall–Kier alpha value is -0.810. The van der Waals surface area contributed by atoms with Crippen molar-refractivity contribution in [3.8, 4) is 0 Å². The van der Waals surface area contributed by atoms with Crippen molar-refractivity contribution in [3.05, 3.63) is 0 Å². The van der Waals surface area contributed by atoms with Crippen LogP contribution in [0, 0.1) is 0 Å². The van der Waals surface area contributed by atoms with Crippen LogP contribution < -0.4 is 5.32 Å². The van der Waals surface area contributed by atoms with Crippen molar-refractivity contribution in [1.29, 1.82) is 0 Å². The summed E-state index contributed by atoms with van der Waals surface area (Å²) in [6, 6.07) is 0.561. The quantitative estimate of drug-likeness (QED) is 0.725. The van der Waals surface area contributed by atoms with Gasteiger partial charge in [-0.1, -0.05) is 13.8 Å². The molecule has 0 aliphatic carbocycles. The Balaban J connectivity index is 2.10. The van der Waals surface area contributed by atoms with Gasteiger partial charge in [0.2, 0.25) is 0 Å². The van der Waals surface area contributed by atoms with Gasteiger partial charge in [0.05, 0.1) is 6.61 Å². The maximum Gasteiger partial charge on any atom is 0.409 e. The molecule has 1 aliphatic heterocycles. The summed E-state index contributed by atoms with van der Waals surface area (Å²) < 4.78 is 5.00. The van der Waals surface area contributed by atoms with Gasteiger partial charge in [-0.15, -0.1) is 0 Å². The van der Waals surface area contributed by atoms with Crippen molar-refractivity contribution in [3.63, 3.8) is 0 Å². The summed E-state index contributed by atoms with van der Waals surface area (Å²) in [7, 11) is 0. The average Bonchev–Trinajstić information content (AvgIpc) is 2.35. The molecular formula is C13H27N3O2. The number of hydrogen-bond donors (Lipinski definition) is 1. The number of rotatable bonds is 6. The summed E-state index contributed by atoms with van der Waals surface area (Å²) in [5.41, 5.74) is 0. The second-order valence-corrected chi connectivity index (χ2v) is 4.99. The summed E-state index contributed by atoms with van der Waals surface area (Å²) in [5, 5.41) is 3.42. The molecule has 0 aromatic carbocycles. The molecule has 5 heteroatoms. The smallest absolute Gasteiger partial charge is 0.409 e. The third-order valence-corrected chi connectivity index (χ3v) is 3.10. The first-order chi connectivity index (χ1) is 8.63. The number of ether oxygens (including phenoxy) is 1. The van der Waals surface area contributed by atoms with Gasteiger partial charge in [0.1, 0.15) is 0 Å². The standard InChI is InChI=1S/C13H27N3O2/c1-4-18-13(17)16-10-8-15(9-11-16)7-5-6-14-12(2)3/h12,14H,4-11H2,1-3H3. The molecular weight excluding hydrogens is 230 g/mol. The first kappa shape index (κ1) is 15.2. The molecule has 1 rings (SSSR count). The number of nitrogens with one attached hydrogen (secondary N) is 1. The normalized spacial score (nSPS) is 17.2. The zero-order valence-corrected chi connectivity index (χ0v) is 11.9. The fourth-order valence-electron chi connectivity index (χ4n) is 2.06. The number of carbonyl (C=O) groups excluding carboxylic acids is 1. The van der Waals surface area contributed by atoms with Gasteiger partial charge in [-0.25, -0.2) is 4.79 Å². The molecule has 1 N–H and O–H groups in total. The summed E-state index contributed by atoms with van der Waals surface area (Å²) in [4.78, 5) is 15.7. The Morgan fingerprint density at radius 3 is 2.50 bits per heavy atom. The predicted molar refractivity (Wildman–Crippen MR) is 72.8 cm³/mol. The van der Waals surface area contributed by atoms with Crippen molar-refractivity contribution in [2.75, 3.05) is 45.9 Å². The molecule has 0 radical (unpaired) electrons. The van der Waals surface area contributed by atoms with Gasteiger partial charge in [-0.3, -0.25) is 4.90 Å². The first-order valence-corrected chi connectivity index (χ1v) is 7.01. The molecule has 106 valence electrons. The molecule has 0 aromatic rings. The molecule has 0 spiro atoms. The van der Waals surface area contributed by atoms with Crippen LogP contribution in [-0.4, -0.2) is 67.8 Å². The largest absolute Gasteiger partial charge is 0.450 e. The van der Waals surface area contributed by atoms with E-state index in [1.807, 2.05) is 6.92 Å². The zero-order valence-electron chi connectivity index (χ0n) is 11.9.